The molecule has 0 bridgehead atoms. The van der Waals surface area contributed by atoms with Gasteiger partial charge in [0.15, 0.2) is 0 Å². The lowest BCUT2D eigenvalue weighted by Gasteiger charge is -1.99. The second kappa shape index (κ2) is 4.63. The van der Waals surface area contributed by atoms with Crippen molar-refractivity contribution in [1.82, 2.24) is 9.55 Å². The van der Waals surface area contributed by atoms with Crippen LogP contribution in [0.3, 0.4) is 0 Å². The van der Waals surface area contributed by atoms with Crippen molar-refractivity contribution in [3.63, 3.8) is 0 Å². The van der Waals surface area contributed by atoms with Gasteiger partial charge in [0.1, 0.15) is 9.71 Å². The highest BCUT2D eigenvalue weighted by molar-refractivity contribution is 7.20. The van der Waals surface area contributed by atoms with Gasteiger partial charge in [0.25, 0.3) is 5.56 Å². The molecule has 18 heavy (non-hydrogen) atoms. The van der Waals surface area contributed by atoms with Crippen molar-refractivity contribution >= 4 is 27.5 Å². The fraction of sp³-hybridized carbons (Fsp3) is 0.250. The highest BCUT2D eigenvalue weighted by atomic mass is 32.1. The van der Waals surface area contributed by atoms with Crippen LogP contribution in [0.4, 0.5) is 0 Å². The van der Waals surface area contributed by atoms with E-state index in [9.17, 15) is 9.59 Å². The molecule has 0 aliphatic carbocycles. The van der Waals surface area contributed by atoms with E-state index in [4.69, 9.17) is 5.11 Å². The molecule has 0 aromatic carbocycles. The van der Waals surface area contributed by atoms with Gasteiger partial charge in [-0.05, 0) is 19.4 Å². The lowest BCUT2D eigenvalue weighted by molar-refractivity contribution is 0.0701. The Morgan fingerprint density at radius 1 is 1.61 bits per heavy atom. The molecule has 0 radical (unpaired) electrons. The van der Waals surface area contributed by atoms with Crippen molar-refractivity contribution in [3.8, 4) is 11.8 Å². The number of carbonyl (C=O) groups is 1. The third kappa shape index (κ3) is 1.89. The van der Waals surface area contributed by atoms with E-state index in [1.165, 1.54) is 10.9 Å². The molecule has 0 amide bonds. The number of aromatic carboxylic acids is 1. The van der Waals surface area contributed by atoms with Crippen LogP contribution < -0.4 is 5.56 Å². The molecule has 92 valence electrons. The number of nitrogens with zero attached hydrogens (tertiary/aromatic N) is 2. The van der Waals surface area contributed by atoms with Gasteiger partial charge in [-0.25, -0.2) is 9.78 Å². The maximum absolute atomic E-state index is 12.2. The van der Waals surface area contributed by atoms with Crippen molar-refractivity contribution in [1.29, 1.82) is 0 Å². The van der Waals surface area contributed by atoms with Crippen LogP contribution in [-0.4, -0.2) is 20.6 Å². The molecule has 0 saturated carbocycles. The molecule has 0 aliphatic rings. The Kier molecular flexibility index (Phi) is 3.17. The Balaban J connectivity index is 2.73. The number of thiophene rings is 1. The van der Waals surface area contributed by atoms with Crippen molar-refractivity contribution in [2.45, 2.75) is 20.4 Å². The minimum absolute atomic E-state index is 0.161. The molecule has 2 heterocycles. The third-order valence-corrected chi connectivity index (χ3v) is 3.73. The summed E-state index contributed by atoms with van der Waals surface area (Å²) in [5.41, 5.74) is 0.225. The molecule has 5 nitrogen and oxygen atoms in total. The summed E-state index contributed by atoms with van der Waals surface area (Å²) in [5, 5.41) is 9.39. The SMILES string of the molecule is CC#CCn1cnc2sc(C(=O)O)c(C)c2c1=O. The van der Waals surface area contributed by atoms with Crippen LogP contribution in [0, 0.1) is 18.8 Å². The second-order valence-electron chi connectivity index (χ2n) is 3.65. The van der Waals surface area contributed by atoms with E-state index in [1.807, 2.05) is 0 Å². The standard InChI is InChI=1S/C12H10N2O3S/c1-3-4-5-14-6-13-10-8(11(14)15)7(2)9(18-10)12(16)17/h6H,5H2,1-2H3,(H,16,17). The van der Waals surface area contributed by atoms with Gasteiger partial charge in [0.2, 0.25) is 0 Å². The van der Waals surface area contributed by atoms with Gasteiger partial charge in [0, 0.05) is 0 Å². The number of hydrogen-bond acceptors (Lipinski definition) is 4. The number of rotatable bonds is 2. The normalized spacial score (nSPS) is 10.1. The van der Waals surface area contributed by atoms with E-state index < -0.39 is 5.97 Å². The molecule has 0 spiro atoms. The van der Waals surface area contributed by atoms with Gasteiger partial charge in [0.05, 0.1) is 18.3 Å². The Morgan fingerprint density at radius 3 is 2.94 bits per heavy atom. The molecule has 2 rings (SSSR count). The van der Waals surface area contributed by atoms with Crippen LogP contribution in [0.2, 0.25) is 0 Å². The maximum atomic E-state index is 12.2. The summed E-state index contributed by atoms with van der Waals surface area (Å²) in [6, 6.07) is 0. The Labute approximate surface area is 107 Å². The average molecular weight is 262 g/mol. The van der Waals surface area contributed by atoms with Gasteiger partial charge in [-0.2, -0.15) is 0 Å². The van der Waals surface area contributed by atoms with E-state index in [-0.39, 0.29) is 17.0 Å². The zero-order valence-corrected chi connectivity index (χ0v) is 10.7. The smallest absolute Gasteiger partial charge is 0.346 e. The average Bonchev–Trinajstić information content (AvgIpc) is 2.67. The maximum Gasteiger partial charge on any atom is 0.346 e. The first-order chi connectivity index (χ1) is 8.56. The summed E-state index contributed by atoms with van der Waals surface area (Å²) in [4.78, 5) is 27.9. The number of hydrogen-bond donors (Lipinski definition) is 1. The van der Waals surface area contributed by atoms with Gasteiger partial charge in [-0.1, -0.05) is 5.92 Å². The summed E-state index contributed by atoms with van der Waals surface area (Å²) >= 11 is 1.02. The fourth-order valence-corrected chi connectivity index (χ4v) is 2.62. The largest absolute Gasteiger partial charge is 0.477 e. The topological polar surface area (TPSA) is 72.2 Å². The third-order valence-electron chi connectivity index (χ3n) is 2.54. The Hall–Kier alpha value is -2.13. The van der Waals surface area contributed by atoms with Gasteiger partial charge < -0.3 is 5.11 Å². The van der Waals surface area contributed by atoms with E-state index in [2.05, 4.69) is 16.8 Å². The van der Waals surface area contributed by atoms with Crippen LogP contribution in [-0.2, 0) is 6.54 Å². The second-order valence-corrected chi connectivity index (χ2v) is 4.64. The van der Waals surface area contributed by atoms with Crippen molar-refractivity contribution in [2.24, 2.45) is 0 Å². The van der Waals surface area contributed by atoms with E-state index in [0.717, 1.165) is 11.3 Å². The zero-order chi connectivity index (χ0) is 13.3. The molecule has 1 N–H and O–H groups in total. The summed E-state index contributed by atoms with van der Waals surface area (Å²) in [6.45, 7) is 3.58. The van der Waals surface area contributed by atoms with Gasteiger partial charge >= 0.3 is 5.97 Å². The predicted octanol–water partition coefficient (Wildman–Crippen LogP) is 1.49. The summed E-state index contributed by atoms with van der Waals surface area (Å²) < 4.78 is 1.38. The molecule has 0 atom stereocenters. The van der Waals surface area contributed by atoms with Crippen molar-refractivity contribution in [2.75, 3.05) is 0 Å². The van der Waals surface area contributed by atoms with Crippen LogP contribution in [0.5, 0.6) is 0 Å². The minimum Gasteiger partial charge on any atom is -0.477 e. The van der Waals surface area contributed by atoms with Crippen LogP contribution in [0.1, 0.15) is 22.2 Å². The van der Waals surface area contributed by atoms with E-state index >= 15 is 0 Å². The molecule has 0 saturated heterocycles. The highest BCUT2D eigenvalue weighted by Gasteiger charge is 2.18. The number of carboxylic acid groups (broad SMARTS) is 1. The lowest BCUT2D eigenvalue weighted by Crippen LogP contribution is -2.20. The minimum atomic E-state index is -1.03. The van der Waals surface area contributed by atoms with Gasteiger partial charge in [-0.3, -0.25) is 9.36 Å². The lowest BCUT2D eigenvalue weighted by atomic mass is 10.2. The van der Waals surface area contributed by atoms with E-state index in [1.54, 1.807) is 13.8 Å². The quantitative estimate of drug-likeness (QED) is 0.832. The predicted molar refractivity (Wildman–Crippen MR) is 69.0 cm³/mol. The molecule has 2 aromatic heterocycles. The van der Waals surface area contributed by atoms with Crippen LogP contribution >= 0.6 is 11.3 Å². The molecule has 0 fully saturated rings. The number of aryl methyl sites for hydroxylation is 1. The van der Waals surface area contributed by atoms with Crippen molar-refractivity contribution < 1.29 is 9.90 Å². The molecular formula is C12H10N2O3S. The molecule has 2 aromatic rings. The van der Waals surface area contributed by atoms with E-state index in [0.29, 0.717) is 15.8 Å². The first-order valence-electron chi connectivity index (χ1n) is 5.17. The summed E-state index contributed by atoms with van der Waals surface area (Å²) in [6.07, 6.45) is 1.40. The zero-order valence-electron chi connectivity index (χ0n) is 9.85. The highest BCUT2D eigenvalue weighted by Crippen LogP contribution is 2.26. The number of aromatic nitrogens is 2. The van der Waals surface area contributed by atoms with Crippen molar-refractivity contribution in [3.05, 3.63) is 27.1 Å². The van der Waals surface area contributed by atoms with Gasteiger partial charge in [-0.15, -0.1) is 17.3 Å². The molecule has 0 aliphatic heterocycles. The molecule has 6 heteroatoms. The number of carboxylic acids is 1. The Morgan fingerprint density at radius 2 is 2.33 bits per heavy atom. The number of fused-ring (bicyclic) bond motifs is 1. The molecule has 0 unspecified atom stereocenters. The first-order valence-corrected chi connectivity index (χ1v) is 5.99. The Bertz CT molecular complexity index is 746. The monoisotopic (exact) mass is 262 g/mol. The molecular weight excluding hydrogens is 252 g/mol. The summed E-state index contributed by atoms with van der Waals surface area (Å²) in [7, 11) is 0. The summed E-state index contributed by atoms with van der Waals surface area (Å²) in [5.74, 6) is 4.45. The van der Waals surface area contributed by atoms with Crippen LogP contribution in [0.25, 0.3) is 10.2 Å². The fourth-order valence-electron chi connectivity index (χ4n) is 1.64. The first kappa shape index (κ1) is 12.3. The van der Waals surface area contributed by atoms with Crippen LogP contribution in [0.15, 0.2) is 11.1 Å².